The molecule has 1 heterocycles. The molecule has 4 nitrogen and oxygen atoms in total. The van der Waals surface area contributed by atoms with Crippen LogP contribution in [0, 0.1) is 0 Å². The molecule has 0 aliphatic carbocycles. The second-order valence-corrected chi connectivity index (χ2v) is 3.86. The summed E-state index contributed by atoms with van der Waals surface area (Å²) < 4.78 is 4.59. The molecule has 17 heavy (non-hydrogen) atoms. The van der Waals surface area contributed by atoms with Gasteiger partial charge in [-0.25, -0.2) is 0 Å². The summed E-state index contributed by atoms with van der Waals surface area (Å²) in [5, 5.41) is 1.07. The highest BCUT2D eigenvalue weighted by Gasteiger charge is 2.14. The van der Waals surface area contributed by atoms with Gasteiger partial charge in [-0.15, -0.1) is 0 Å². The zero-order valence-corrected chi connectivity index (χ0v) is 9.59. The lowest BCUT2D eigenvalue weighted by molar-refractivity contribution is -0.142. The van der Waals surface area contributed by atoms with Gasteiger partial charge in [-0.05, 0) is 24.1 Å². The monoisotopic (exact) mass is 230 g/mol. The minimum absolute atomic E-state index is 0.397. The maximum atomic E-state index is 11.2. The summed E-state index contributed by atoms with van der Waals surface area (Å²) in [7, 11) is 1.34. The van der Waals surface area contributed by atoms with Crippen LogP contribution in [0.25, 0.3) is 10.9 Å². The van der Waals surface area contributed by atoms with Crippen molar-refractivity contribution in [3.8, 4) is 0 Å². The lowest BCUT2D eigenvalue weighted by Crippen LogP contribution is -2.33. The number of methoxy groups -OCH3 is 1. The van der Waals surface area contributed by atoms with Crippen molar-refractivity contribution >= 4 is 16.9 Å². The third kappa shape index (κ3) is 2.60. The predicted octanol–water partition coefficient (Wildman–Crippen LogP) is 1.28. The fourth-order valence-electron chi connectivity index (χ4n) is 1.73. The summed E-state index contributed by atoms with van der Waals surface area (Å²) in [4.78, 5) is 15.5. The Bertz CT molecular complexity index is 540. The van der Waals surface area contributed by atoms with E-state index in [-0.39, 0.29) is 0 Å². The number of esters is 1. The number of aromatic nitrogens is 1. The molecule has 0 fully saturated rings. The van der Waals surface area contributed by atoms with Gasteiger partial charge in [0, 0.05) is 11.6 Å². The van der Waals surface area contributed by atoms with Crippen LogP contribution in [0.1, 0.15) is 5.56 Å². The van der Waals surface area contributed by atoms with Crippen LogP contribution in [0.2, 0.25) is 0 Å². The first-order chi connectivity index (χ1) is 8.20. The van der Waals surface area contributed by atoms with E-state index in [0.29, 0.717) is 6.42 Å². The van der Waals surface area contributed by atoms with Crippen molar-refractivity contribution in [2.45, 2.75) is 12.5 Å². The minimum atomic E-state index is -0.624. The van der Waals surface area contributed by atoms with Crippen LogP contribution in [0.4, 0.5) is 0 Å². The normalized spacial score (nSPS) is 12.4. The van der Waals surface area contributed by atoms with E-state index < -0.39 is 12.0 Å². The van der Waals surface area contributed by atoms with Gasteiger partial charge in [-0.1, -0.05) is 18.2 Å². The average molecular weight is 230 g/mol. The maximum Gasteiger partial charge on any atom is 0.322 e. The molecule has 0 saturated carbocycles. The fraction of sp³-hybridized carbons (Fsp3) is 0.231. The topological polar surface area (TPSA) is 65.2 Å². The molecule has 0 spiro atoms. The number of benzene rings is 1. The second-order valence-electron chi connectivity index (χ2n) is 3.86. The molecule has 1 atom stereocenters. The molecule has 4 heteroatoms. The van der Waals surface area contributed by atoms with Crippen LogP contribution in [0.3, 0.4) is 0 Å². The number of nitrogens with two attached hydrogens (primary N) is 1. The van der Waals surface area contributed by atoms with Crippen molar-refractivity contribution < 1.29 is 9.53 Å². The Balaban J connectivity index is 2.22. The Kier molecular flexibility index (Phi) is 3.35. The van der Waals surface area contributed by atoms with E-state index in [0.717, 1.165) is 16.5 Å². The lowest BCUT2D eigenvalue weighted by atomic mass is 10.0. The van der Waals surface area contributed by atoms with E-state index in [1.54, 1.807) is 6.20 Å². The van der Waals surface area contributed by atoms with Gasteiger partial charge in [-0.3, -0.25) is 9.78 Å². The minimum Gasteiger partial charge on any atom is -0.468 e. The molecule has 0 aliphatic rings. The van der Waals surface area contributed by atoms with Crippen LogP contribution in [-0.2, 0) is 16.0 Å². The zero-order valence-electron chi connectivity index (χ0n) is 9.59. The summed E-state index contributed by atoms with van der Waals surface area (Å²) in [5.41, 5.74) is 7.59. The van der Waals surface area contributed by atoms with Gasteiger partial charge < -0.3 is 10.5 Å². The van der Waals surface area contributed by atoms with Gasteiger partial charge in [-0.2, -0.15) is 0 Å². The van der Waals surface area contributed by atoms with Crippen LogP contribution < -0.4 is 5.73 Å². The first kappa shape index (κ1) is 11.5. The average Bonchev–Trinajstić information content (AvgIpc) is 2.37. The Morgan fingerprint density at radius 2 is 2.29 bits per heavy atom. The molecule has 2 N–H and O–H groups in total. The van der Waals surface area contributed by atoms with Gasteiger partial charge >= 0.3 is 5.97 Å². The van der Waals surface area contributed by atoms with E-state index in [2.05, 4.69) is 9.72 Å². The number of rotatable bonds is 3. The summed E-state index contributed by atoms with van der Waals surface area (Å²) >= 11 is 0. The quantitative estimate of drug-likeness (QED) is 0.807. The number of hydrogen-bond acceptors (Lipinski definition) is 4. The molecule has 1 aromatic heterocycles. The highest BCUT2D eigenvalue weighted by molar-refractivity contribution is 5.79. The number of fused-ring (bicyclic) bond motifs is 1. The van der Waals surface area contributed by atoms with E-state index >= 15 is 0 Å². The summed E-state index contributed by atoms with van der Waals surface area (Å²) in [6, 6.07) is 9.13. The highest BCUT2D eigenvalue weighted by atomic mass is 16.5. The maximum absolute atomic E-state index is 11.2. The number of carbonyl (C=O) groups excluding carboxylic acids is 1. The van der Waals surface area contributed by atoms with Gasteiger partial charge in [0.15, 0.2) is 0 Å². The molecular formula is C13H14N2O2. The Morgan fingerprint density at radius 3 is 3.06 bits per heavy atom. The fourth-order valence-corrected chi connectivity index (χ4v) is 1.73. The first-order valence-corrected chi connectivity index (χ1v) is 5.38. The van der Waals surface area contributed by atoms with Crippen molar-refractivity contribution in [1.82, 2.24) is 4.98 Å². The van der Waals surface area contributed by atoms with Gasteiger partial charge in [0.2, 0.25) is 0 Å². The van der Waals surface area contributed by atoms with E-state index in [1.165, 1.54) is 7.11 Å². The predicted molar refractivity (Wildman–Crippen MR) is 65.4 cm³/mol. The summed E-state index contributed by atoms with van der Waals surface area (Å²) in [6.07, 6.45) is 2.20. The molecule has 1 aromatic carbocycles. The number of carbonyl (C=O) groups is 1. The lowest BCUT2D eigenvalue weighted by Gasteiger charge is -2.09. The van der Waals surface area contributed by atoms with E-state index in [9.17, 15) is 4.79 Å². The number of ether oxygens (including phenoxy) is 1. The number of nitrogens with zero attached hydrogens (tertiary/aromatic N) is 1. The largest absolute Gasteiger partial charge is 0.468 e. The SMILES string of the molecule is COC(=O)[C@@H](N)Cc1ccc2cccnc2c1. The van der Waals surface area contributed by atoms with Crippen molar-refractivity contribution in [3.05, 3.63) is 42.1 Å². The van der Waals surface area contributed by atoms with Crippen molar-refractivity contribution in [2.24, 2.45) is 5.73 Å². The summed E-state index contributed by atoms with van der Waals surface area (Å²) in [6.45, 7) is 0. The Hall–Kier alpha value is -1.94. The smallest absolute Gasteiger partial charge is 0.322 e. The summed E-state index contributed by atoms with van der Waals surface area (Å²) in [5.74, 6) is -0.397. The molecular weight excluding hydrogens is 216 g/mol. The van der Waals surface area contributed by atoms with Crippen molar-refractivity contribution in [3.63, 3.8) is 0 Å². The zero-order chi connectivity index (χ0) is 12.3. The molecule has 2 rings (SSSR count). The first-order valence-electron chi connectivity index (χ1n) is 5.38. The van der Waals surface area contributed by atoms with E-state index in [4.69, 9.17) is 5.73 Å². The van der Waals surface area contributed by atoms with E-state index in [1.807, 2.05) is 30.3 Å². The van der Waals surface area contributed by atoms with Crippen LogP contribution in [0.5, 0.6) is 0 Å². The van der Waals surface area contributed by atoms with Crippen LogP contribution in [0.15, 0.2) is 36.5 Å². The molecule has 0 radical (unpaired) electrons. The Labute approximate surface area is 99.4 Å². The van der Waals surface area contributed by atoms with Gasteiger partial charge in [0.25, 0.3) is 0 Å². The molecule has 0 bridgehead atoms. The number of hydrogen-bond donors (Lipinski definition) is 1. The second kappa shape index (κ2) is 4.93. The van der Waals surface area contributed by atoms with Crippen LogP contribution >= 0.6 is 0 Å². The van der Waals surface area contributed by atoms with Gasteiger partial charge in [0.05, 0.1) is 12.6 Å². The van der Waals surface area contributed by atoms with Crippen LogP contribution in [-0.4, -0.2) is 24.1 Å². The molecule has 0 saturated heterocycles. The molecule has 2 aromatic rings. The van der Waals surface area contributed by atoms with Gasteiger partial charge in [0.1, 0.15) is 6.04 Å². The van der Waals surface area contributed by atoms with Crippen molar-refractivity contribution in [2.75, 3.05) is 7.11 Å². The van der Waals surface area contributed by atoms with Crippen molar-refractivity contribution in [1.29, 1.82) is 0 Å². The highest BCUT2D eigenvalue weighted by Crippen LogP contribution is 2.14. The third-order valence-corrected chi connectivity index (χ3v) is 2.63. The number of pyridine rings is 1. The Morgan fingerprint density at radius 1 is 1.47 bits per heavy atom. The standard InChI is InChI=1S/C13H14N2O2/c1-17-13(16)11(14)7-9-4-5-10-3-2-6-15-12(10)8-9/h2-6,8,11H,7,14H2,1H3/t11-/m0/s1. The molecule has 88 valence electrons. The molecule has 0 unspecified atom stereocenters. The molecule has 0 amide bonds. The molecule has 0 aliphatic heterocycles. The third-order valence-electron chi connectivity index (χ3n) is 2.63.